The highest BCUT2D eigenvalue weighted by Crippen LogP contribution is 2.28. The highest BCUT2D eigenvalue weighted by atomic mass is 32.2. The second kappa shape index (κ2) is 9.40. The number of aryl methyl sites for hydroxylation is 1. The van der Waals surface area contributed by atoms with E-state index in [1.165, 1.54) is 41.3 Å². The van der Waals surface area contributed by atoms with Gasteiger partial charge in [0.2, 0.25) is 15.9 Å². The number of anilines is 1. The van der Waals surface area contributed by atoms with E-state index in [0.717, 1.165) is 28.2 Å². The quantitative estimate of drug-likeness (QED) is 0.528. The first kappa shape index (κ1) is 24.2. The molecule has 4 rings (SSSR count). The number of rotatable bonds is 6. The molecule has 3 aromatic carbocycles. The molecule has 3 aromatic rings. The Labute approximate surface area is 201 Å². The summed E-state index contributed by atoms with van der Waals surface area (Å²) >= 11 is 0. The molecule has 0 spiro atoms. The third-order valence-corrected chi connectivity index (χ3v) is 6.68. The van der Waals surface area contributed by atoms with Crippen LogP contribution < -0.4 is 10.0 Å². The van der Waals surface area contributed by atoms with Crippen molar-refractivity contribution in [1.29, 1.82) is 0 Å². The summed E-state index contributed by atoms with van der Waals surface area (Å²) in [7, 11) is -3.94. The molecule has 1 aliphatic heterocycles. The van der Waals surface area contributed by atoms with Gasteiger partial charge in [0, 0.05) is 12.1 Å². The van der Waals surface area contributed by atoms with E-state index in [4.69, 9.17) is 5.14 Å². The van der Waals surface area contributed by atoms with Gasteiger partial charge in [-0.1, -0.05) is 29.8 Å². The van der Waals surface area contributed by atoms with Gasteiger partial charge < -0.3 is 4.90 Å². The fourth-order valence-electron chi connectivity index (χ4n) is 3.89. The zero-order chi connectivity index (χ0) is 25.3. The van der Waals surface area contributed by atoms with Crippen molar-refractivity contribution in [3.05, 3.63) is 95.3 Å². The molecular weight excluding hydrogens is 473 g/mol. The van der Waals surface area contributed by atoms with Crippen molar-refractivity contribution in [2.75, 3.05) is 4.90 Å². The Morgan fingerprint density at radius 3 is 2.17 bits per heavy atom. The summed E-state index contributed by atoms with van der Waals surface area (Å²) < 4.78 is 36.5. The van der Waals surface area contributed by atoms with Crippen LogP contribution in [0.2, 0.25) is 0 Å². The molecule has 8 nitrogen and oxygen atoms in total. The van der Waals surface area contributed by atoms with Crippen LogP contribution in [0.5, 0.6) is 0 Å². The fourth-order valence-corrected chi connectivity index (χ4v) is 4.40. The molecule has 1 saturated heterocycles. The topological polar surface area (TPSA) is 118 Å². The zero-order valence-corrected chi connectivity index (χ0v) is 19.5. The first-order chi connectivity index (χ1) is 16.5. The zero-order valence-electron chi connectivity index (χ0n) is 18.7. The highest BCUT2D eigenvalue weighted by molar-refractivity contribution is 7.89. The molecule has 0 aromatic heterocycles. The molecule has 35 heavy (non-hydrogen) atoms. The van der Waals surface area contributed by atoms with E-state index < -0.39 is 39.6 Å². The fraction of sp³-hybridized carbons (Fsp3) is 0.160. The van der Waals surface area contributed by atoms with E-state index >= 15 is 0 Å². The Morgan fingerprint density at radius 2 is 1.60 bits per heavy atom. The van der Waals surface area contributed by atoms with Gasteiger partial charge in [-0.15, -0.1) is 0 Å². The average Bonchev–Trinajstić information content (AvgIpc) is 3.11. The van der Waals surface area contributed by atoms with Crippen LogP contribution in [0.4, 0.5) is 10.1 Å². The molecule has 0 saturated carbocycles. The van der Waals surface area contributed by atoms with Crippen molar-refractivity contribution in [1.82, 2.24) is 4.90 Å². The number of hydrogen-bond donors (Lipinski definition) is 1. The van der Waals surface area contributed by atoms with E-state index in [2.05, 4.69) is 0 Å². The van der Waals surface area contributed by atoms with Gasteiger partial charge in [0.1, 0.15) is 11.9 Å². The molecule has 3 amide bonds. The molecule has 0 bridgehead atoms. The van der Waals surface area contributed by atoms with E-state index in [9.17, 15) is 27.2 Å². The van der Waals surface area contributed by atoms with Crippen LogP contribution in [0.1, 0.15) is 27.9 Å². The highest BCUT2D eigenvalue weighted by Gasteiger charge is 2.44. The van der Waals surface area contributed by atoms with E-state index in [-0.39, 0.29) is 29.1 Å². The van der Waals surface area contributed by atoms with E-state index in [1.54, 1.807) is 0 Å². The lowest BCUT2D eigenvalue weighted by Gasteiger charge is -2.28. The van der Waals surface area contributed by atoms with Crippen LogP contribution in [0, 0.1) is 12.7 Å². The van der Waals surface area contributed by atoms with Crippen LogP contribution in [-0.2, 0) is 26.2 Å². The number of benzene rings is 3. The van der Waals surface area contributed by atoms with Crippen molar-refractivity contribution < 1.29 is 27.2 Å². The Hall–Kier alpha value is -3.89. The van der Waals surface area contributed by atoms with Gasteiger partial charge in [-0.05, 0) is 61.0 Å². The maximum absolute atomic E-state index is 13.4. The van der Waals surface area contributed by atoms with E-state index in [0.29, 0.717) is 0 Å². The lowest BCUT2D eigenvalue weighted by molar-refractivity contribution is -0.122. The normalized spacial score (nSPS) is 16.0. The maximum Gasteiger partial charge on any atom is 0.257 e. The summed E-state index contributed by atoms with van der Waals surface area (Å²) in [5, 5.41) is 5.11. The number of imide groups is 1. The Morgan fingerprint density at radius 1 is 1.00 bits per heavy atom. The van der Waals surface area contributed by atoms with Crippen LogP contribution in [0.15, 0.2) is 77.7 Å². The van der Waals surface area contributed by atoms with Gasteiger partial charge in [-0.25, -0.2) is 22.8 Å². The summed E-state index contributed by atoms with van der Waals surface area (Å²) in [6.45, 7) is 1.97. The summed E-state index contributed by atoms with van der Waals surface area (Å²) in [4.78, 5) is 41.7. The minimum absolute atomic E-state index is 0.0539. The first-order valence-corrected chi connectivity index (χ1v) is 12.2. The van der Waals surface area contributed by atoms with Gasteiger partial charge in [0.15, 0.2) is 0 Å². The predicted molar refractivity (Wildman–Crippen MR) is 126 cm³/mol. The Balaban J connectivity index is 1.67. The molecule has 1 aliphatic rings. The first-order valence-electron chi connectivity index (χ1n) is 10.7. The molecule has 2 N–H and O–H groups in total. The molecule has 1 atom stereocenters. The van der Waals surface area contributed by atoms with Crippen LogP contribution >= 0.6 is 0 Å². The smallest absolute Gasteiger partial charge is 0.257 e. The van der Waals surface area contributed by atoms with Gasteiger partial charge in [-0.2, -0.15) is 0 Å². The van der Waals surface area contributed by atoms with Crippen LogP contribution in [0.25, 0.3) is 0 Å². The number of carbonyl (C=O) groups excluding carboxylic acids is 3. The standard InChI is InChI=1S/C25H22FN3O5S/c1-16-2-4-17(5-3-16)15-28(24(31)18-6-8-19(26)9-7-18)22-14-23(30)29(25(22)32)20-10-12-21(13-11-20)35(27,33)34/h2-13,22H,14-15H2,1H3,(H2,27,33,34). The average molecular weight is 496 g/mol. The molecule has 1 fully saturated rings. The number of halogens is 1. The van der Waals surface area contributed by atoms with Crippen molar-refractivity contribution in [3.63, 3.8) is 0 Å². The molecule has 10 heteroatoms. The number of amides is 3. The Bertz CT molecular complexity index is 1390. The van der Waals surface area contributed by atoms with Crippen molar-refractivity contribution >= 4 is 33.4 Å². The van der Waals surface area contributed by atoms with Crippen molar-refractivity contribution in [3.8, 4) is 0 Å². The predicted octanol–water partition coefficient (Wildman–Crippen LogP) is 2.76. The maximum atomic E-state index is 13.4. The van der Waals surface area contributed by atoms with Crippen LogP contribution in [-0.4, -0.2) is 37.1 Å². The number of hydrogen-bond acceptors (Lipinski definition) is 5. The Kier molecular flexibility index (Phi) is 6.51. The molecular formula is C25H22FN3O5S. The summed E-state index contributed by atoms with van der Waals surface area (Å²) in [5.41, 5.74) is 2.11. The van der Waals surface area contributed by atoms with Gasteiger partial charge in [-0.3, -0.25) is 14.4 Å². The van der Waals surface area contributed by atoms with Gasteiger partial charge >= 0.3 is 0 Å². The number of nitrogens with two attached hydrogens (primary N) is 1. The molecule has 0 aliphatic carbocycles. The minimum atomic E-state index is -3.94. The van der Waals surface area contributed by atoms with Gasteiger partial charge in [0.05, 0.1) is 17.0 Å². The molecule has 180 valence electrons. The van der Waals surface area contributed by atoms with Crippen molar-refractivity contribution in [2.24, 2.45) is 5.14 Å². The minimum Gasteiger partial charge on any atom is -0.322 e. The van der Waals surface area contributed by atoms with Crippen molar-refractivity contribution in [2.45, 2.75) is 30.8 Å². The lowest BCUT2D eigenvalue weighted by atomic mass is 10.1. The largest absolute Gasteiger partial charge is 0.322 e. The van der Waals surface area contributed by atoms with E-state index in [1.807, 2.05) is 31.2 Å². The molecule has 1 unspecified atom stereocenters. The monoisotopic (exact) mass is 495 g/mol. The number of carbonyl (C=O) groups is 3. The summed E-state index contributed by atoms with van der Waals surface area (Å²) in [6.07, 6.45) is -0.255. The SMILES string of the molecule is Cc1ccc(CN(C(=O)c2ccc(F)cc2)C2CC(=O)N(c3ccc(S(N)(=O)=O)cc3)C2=O)cc1. The van der Waals surface area contributed by atoms with Gasteiger partial charge in [0.25, 0.3) is 11.8 Å². The third-order valence-electron chi connectivity index (χ3n) is 5.75. The summed E-state index contributed by atoms with van der Waals surface area (Å²) in [6, 6.07) is 16.3. The number of primary sulfonamides is 1. The van der Waals surface area contributed by atoms with Crippen LogP contribution in [0.3, 0.4) is 0 Å². The second-order valence-corrected chi connectivity index (χ2v) is 9.81. The summed E-state index contributed by atoms with van der Waals surface area (Å²) in [5.74, 6) is -2.19. The third kappa shape index (κ3) is 5.13. The molecule has 0 radical (unpaired) electrons. The number of nitrogens with zero attached hydrogens (tertiary/aromatic N) is 2. The second-order valence-electron chi connectivity index (χ2n) is 8.25. The lowest BCUT2D eigenvalue weighted by Crippen LogP contribution is -2.45. The molecule has 1 heterocycles. The number of sulfonamides is 1.